The fraction of sp³-hybridized carbons (Fsp3) is 0.0175. The van der Waals surface area contributed by atoms with Crippen LogP contribution in [0.3, 0.4) is 0 Å². The standard InChI is InChI=1S/C57H37NO/c1-3-17-40(18-4-1)57(41-19-5-2-6-20-41)52-27-13-11-24-47(52)48-35-34-43(37-53(48)57)58(54-28-15-26-50-49-25-12-14-29-55(49)59-56(50)54)42-32-30-38(31-33-42)51-36-39-16-7-8-21-44(39)45-22-9-10-23-46(45)51/h1-37H. The molecule has 0 N–H and O–H groups in total. The lowest BCUT2D eigenvalue weighted by atomic mass is 9.67. The zero-order valence-corrected chi connectivity index (χ0v) is 32.2. The molecule has 0 fully saturated rings. The summed E-state index contributed by atoms with van der Waals surface area (Å²) in [4.78, 5) is 2.39. The lowest BCUT2D eigenvalue weighted by molar-refractivity contribution is 0.669. The molecule has 276 valence electrons. The number of anilines is 3. The number of nitrogens with zero attached hydrogens (tertiary/aromatic N) is 1. The van der Waals surface area contributed by atoms with Gasteiger partial charge in [0.2, 0.25) is 0 Å². The van der Waals surface area contributed by atoms with Gasteiger partial charge >= 0.3 is 0 Å². The van der Waals surface area contributed by atoms with Gasteiger partial charge in [-0.25, -0.2) is 0 Å². The molecule has 1 aliphatic rings. The van der Waals surface area contributed by atoms with E-state index >= 15 is 0 Å². The number of furan rings is 1. The molecule has 11 aromatic rings. The van der Waals surface area contributed by atoms with E-state index in [1.165, 1.54) is 66.1 Å². The predicted octanol–water partition coefficient (Wildman–Crippen LogP) is 15.4. The van der Waals surface area contributed by atoms with Crippen LogP contribution in [-0.4, -0.2) is 0 Å². The van der Waals surface area contributed by atoms with Gasteiger partial charge in [-0.3, -0.25) is 0 Å². The monoisotopic (exact) mass is 751 g/mol. The van der Waals surface area contributed by atoms with E-state index in [4.69, 9.17) is 4.42 Å². The molecule has 0 saturated carbocycles. The van der Waals surface area contributed by atoms with E-state index in [0.29, 0.717) is 0 Å². The zero-order valence-electron chi connectivity index (χ0n) is 32.2. The van der Waals surface area contributed by atoms with Crippen LogP contribution >= 0.6 is 0 Å². The van der Waals surface area contributed by atoms with E-state index in [1.54, 1.807) is 0 Å². The van der Waals surface area contributed by atoms with Gasteiger partial charge in [0.05, 0.1) is 11.1 Å². The third-order valence-electron chi connectivity index (χ3n) is 12.5. The Balaban J connectivity index is 1.10. The highest BCUT2D eigenvalue weighted by molar-refractivity contribution is 6.14. The Morgan fingerprint density at radius 1 is 0.356 bits per heavy atom. The van der Waals surface area contributed by atoms with E-state index in [-0.39, 0.29) is 0 Å². The van der Waals surface area contributed by atoms with Crippen LogP contribution < -0.4 is 4.90 Å². The maximum atomic E-state index is 6.77. The molecule has 10 aromatic carbocycles. The van der Waals surface area contributed by atoms with Crippen LogP contribution in [0, 0.1) is 0 Å². The molecular weight excluding hydrogens is 715 g/mol. The molecule has 0 unspecified atom stereocenters. The number of hydrogen-bond acceptors (Lipinski definition) is 2. The van der Waals surface area contributed by atoms with Crippen molar-refractivity contribution in [3.05, 3.63) is 247 Å². The molecule has 0 bridgehead atoms. The topological polar surface area (TPSA) is 16.4 Å². The average molecular weight is 752 g/mol. The normalized spacial score (nSPS) is 12.9. The molecule has 59 heavy (non-hydrogen) atoms. The lowest BCUT2D eigenvalue weighted by Gasteiger charge is -2.35. The molecule has 1 aliphatic carbocycles. The summed E-state index contributed by atoms with van der Waals surface area (Å²) in [6.07, 6.45) is 0. The van der Waals surface area contributed by atoms with E-state index in [1.807, 2.05) is 6.07 Å². The van der Waals surface area contributed by atoms with Gasteiger partial charge in [-0.15, -0.1) is 0 Å². The van der Waals surface area contributed by atoms with Crippen molar-refractivity contribution in [3.63, 3.8) is 0 Å². The summed E-state index contributed by atoms with van der Waals surface area (Å²) in [5, 5.41) is 7.23. The molecule has 0 aliphatic heterocycles. The molecule has 0 radical (unpaired) electrons. The first-order chi connectivity index (χ1) is 29.3. The highest BCUT2D eigenvalue weighted by Gasteiger charge is 2.46. The summed E-state index contributed by atoms with van der Waals surface area (Å²) in [6, 6.07) is 81.8. The van der Waals surface area contributed by atoms with Crippen LogP contribution in [-0.2, 0) is 5.41 Å². The minimum atomic E-state index is -0.525. The number of benzene rings is 10. The van der Waals surface area contributed by atoms with Gasteiger partial charge in [0.25, 0.3) is 0 Å². The highest BCUT2D eigenvalue weighted by Crippen LogP contribution is 2.57. The number of hydrogen-bond donors (Lipinski definition) is 0. The van der Waals surface area contributed by atoms with Crippen molar-refractivity contribution < 1.29 is 4.42 Å². The lowest BCUT2D eigenvalue weighted by Crippen LogP contribution is -2.28. The van der Waals surface area contributed by atoms with Gasteiger partial charge in [-0.1, -0.05) is 182 Å². The van der Waals surface area contributed by atoms with E-state index in [2.05, 4.69) is 223 Å². The van der Waals surface area contributed by atoms with Crippen LogP contribution in [0.2, 0.25) is 0 Å². The summed E-state index contributed by atoms with van der Waals surface area (Å²) in [5.41, 5.74) is 14.3. The van der Waals surface area contributed by atoms with Gasteiger partial charge in [-0.05, 0) is 109 Å². The Morgan fingerprint density at radius 3 is 1.73 bits per heavy atom. The van der Waals surface area contributed by atoms with Gasteiger partial charge < -0.3 is 9.32 Å². The maximum absolute atomic E-state index is 6.77. The van der Waals surface area contributed by atoms with E-state index < -0.39 is 5.41 Å². The summed E-state index contributed by atoms with van der Waals surface area (Å²) >= 11 is 0. The van der Waals surface area contributed by atoms with Crippen LogP contribution in [0.5, 0.6) is 0 Å². The second-order valence-corrected chi connectivity index (χ2v) is 15.6. The Labute approximate surface area is 342 Å². The maximum Gasteiger partial charge on any atom is 0.159 e. The average Bonchev–Trinajstić information content (AvgIpc) is 3.84. The third-order valence-corrected chi connectivity index (χ3v) is 12.5. The quantitative estimate of drug-likeness (QED) is 0.157. The molecule has 0 atom stereocenters. The zero-order chi connectivity index (χ0) is 38.9. The Bertz CT molecular complexity index is 3340. The predicted molar refractivity (Wildman–Crippen MR) is 246 cm³/mol. The van der Waals surface area contributed by atoms with Crippen molar-refractivity contribution in [3.8, 4) is 22.3 Å². The number of rotatable bonds is 6. The smallest absolute Gasteiger partial charge is 0.159 e. The first-order valence-corrected chi connectivity index (χ1v) is 20.3. The third kappa shape index (κ3) is 5.00. The number of para-hydroxylation sites is 2. The fourth-order valence-corrected chi connectivity index (χ4v) is 9.99. The first-order valence-electron chi connectivity index (χ1n) is 20.3. The SMILES string of the molecule is c1ccc(C2(c3ccccc3)c3ccccc3-c3ccc(N(c4ccc(-c5cc6ccccc6c6ccccc56)cc4)c4cccc5c4oc4ccccc45)cc32)cc1. The summed E-state index contributed by atoms with van der Waals surface area (Å²) < 4.78 is 6.77. The second-order valence-electron chi connectivity index (χ2n) is 15.6. The summed E-state index contributed by atoms with van der Waals surface area (Å²) in [6.45, 7) is 0. The summed E-state index contributed by atoms with van der Waals surface area (Å²) in [5.74, 6) is 0. The Morgan fingerprint density at radius 2 is 0.949 bits per heavy atom. The van der Waals surface area contributed by atoms with Crippen molar-refractivity contribution in [2.45, 2.75) is 5.41 Å². The molecule has 2 nitrogen and oxygen atoms in total. The van der Waals surface area contributed by atoms with Gasteiger partial charge in [0, 0.05) is 22.1 Å². The first kappa shape index (κ1) is 33.5. The van der Waals surface area contributed by atoms with Crippen LogP contribution in [0.1, 0.15) is 22.3 Å². The Kier molecular flexibility index (Phi) is 7.48. The molecule has 0 spiro atoms. The summed E-state index contributed by atoms with van der Waals surface area (Å²) in [7, 11) is 0. The van der Waals surface area contributed by atoms with Crippen molar-refractivity contribution in [1.82, 2.24) is 0 Å². The minimum absolute atomic E-state index is 0.525. The number of fused-ring (bicyclic) bond motifs is 9. The molecule has 12 rings (SSSR count). The highest BCUT2D eigenvalue weighted by atomic mass is 16.3. The molecule has 1 aromatic heterocycles. The van der Waals surface area contributed by atoms with Crippen LogP contribution in [0.25, 0.3) is 65.7 Å². The van der Waals surface area contributed by atoms with Crippen molar-refractivity contribution in [1.29, 1.82) is 0 Å². The Hall–Kier alpha value is -7.68. The largest absolute Gasteiger partial charge is 0.454 e. The van der Waals surface area contributed by atoms with Crippen molar-refractivity contribution >= 4 is 60.5 Å². The molecule has 2 heteroatoms. The van der Waals surface area contributed by atoms with Gasteiger partial charge in [0.15, 0.2) is 5.58 Å². The van der Waals surface area contributed by atoms with Crippen LogP contribution in [0.15, 0.2) is 229 Å². The molecule has 0 saturated heterocycles. The molecule has 1 heterocycles. The van der Waals surface area contributed by atoms with Gasteiger partial charge in [0.1, 0.15) is 5.58 Å². The van der Waals surface area contributed by atoms with Crippen molar-refractivity contribution in [2.75, 3.05) is 4.90 Å². The fourth-order valence-electron chi connectivity index (χ4n) is 9.99. The van der Waals surface area contributed by atoms with Gasteiger partial charge in [-0.2, -0.15) is 0 Å². The minimum Gasteiger partial charge on any atom is -0.454 e. The molecule has 0 amide bonds. The van der Waals surface area contributed by atoms with E-state index in [9.17, 15) is 0 Å². The van der Waals surface area contributed by atoms with Crippen molar-refractivity contribution in [2.24, 2.45) is 0 Å². The van der Waals surface area contributed by atoms with E-state index in [0.717, 1.165) is 39.0 Å². The van der Waals surface area contributed by atoms with Crippen LogP contribution in [0.4, 0.5) is 17.1 Å². The molecular formula is C57H37NO. The second kappa shape index (κ2) is 13.2.